The number of carboxylic acid groups (broad SMARTS) is 1. The first-order valence-electron chi connectivity index (χ1n) is 5.00. The van der Waals surface area contributed by atoms with E-state index in [4.69, 9.17) is 10.4 Å². The van der Waals surface area contributed by atoms with Gasteiger partial charge < -0.3 is 5.11 Å². The van der Waals surface area contributed by atoms with Gasteiger partial charge in [-0.05, 0) is 37.1 Å². The molecular formula is C11H12N2O4S. The molecule has 0 saturated heterocycles. The molecule has 6 nitrogen and oxygen atoms in total. The van der Waals surface area contributed by atoms with Gasteiger partial charge in [-0.2, -0.15) is 9.98 Å². The fourth-order valence-corrected chi connectivity index (χ4v) is 2.69. The Hall–Kier alpha value is -1.91. The fraction of sp³-hybridized carbons (Fsp3) is 0.273. The zero-order valence-corrected chi connectivity index (χ0v) is 10.7. The normalized spacial score (nSPS) is 10.9. The number of carboxylic acids is 1. The number of aromatic carboxylic acids is 1. The molecule has 7 heteroatoms. The zero-order chi connectivity index (χ0) is 13.9. The van der Waals surface area contributed by atoms with E-state index in [-0.39, 0.29) is 17.0 Å². The summed E-state index contributed by atoms with van der Waals surface area (Å²) < 4.78 is 25.8. The Labute approximate surface area is 105 Å². The third kappa shape index (κ3) is 2.85. The first kappa shape index (κ1) is 14.2. The fourth-order valence-electron chi connectivity index (χ4n) is 1.43. The van der Waals surface area contributed by atoms with Crippen LogP contribution in [0, 0.1) is 25.2 Å². The van der Waals surface area contributed by atoms with Crippen molar-refractivity contribution in [1.82, 2.24) is 4.72 Å². The molecule has 96 valence electrons. The molecule has 0 saturated carbocycles. The van der Waals surface area contributed by atoms with E-state index in [1.807, 2.05) is 0 Å². The molecular weight excluding hydrogens is 256 g/mol. The van der Waals surface area contributed by atoms with Gasteiger partial charge in [-0.1, -0.05) is 0 Å². The number of rotatable bonds is 4. The van der Waals surface area contributed by atoms with Crippen LogP contribution >= 0.6 is 0 Å². The first-order chi connectivity index (χ1) is 8.29. The number of hydrogen-bond donors (Lipinski definition) is 2. The zero-order valence-electron chi connectivity index (χ0n) is 9.89. The molecule has 0 fully saturated rings. The van der Waals surface area contributed by atoms with Gasteiger partial charge in [-0.3, -0.25) is 0 Å². The highest BCUT2D eigenvalue weighted by Gasteiger charge is 2.20. The quantitative estimate of drug-likeness (QED) is 0.785. The van der Waals surface area contributed by atoms with Crippen LogP contribution in [0.3, 0.4) is 0 Å². The van der Waals surface area contributed by atoms with Crippen molar-refractivity contribution in [2.45, 2.75) is 18.7 Å². The van der Waals surface area contributed by atoms with E-state index in [2.05, 4.69) is 4.72 Å². The average Bonchev–Trinajstić information content (AvgIpc) is 2.29. The largest absolute Gasteiger partial charge is 0.478 e. The van der Waals surface area contributed by atoms with Gasteiger partial charge in [0.2, 0.25) is 10.0 Å². The van der Waals surface area contributed by atoms with Crippen LogP contribution in [-0.4, -0.2) is 26.0 Å². The van der Waals surface area contributed by atoms with Crippen molar-refractivity contribution in [2.75, 3.05) is 6.54 Å². The molecule has 0 bridgehead atoms. The lowest BCUT2D eigenvalue weighted by Gasteiger charge is -2.11. The molecule has 0 unspecified atom stereocenters. The lowest BCUT2D eigenvalue weighted by atomic mass is 10.1. The maximum atomic E-state index is 11.9. The highest BCUT2D eigenvalue weighted by atomic mass is 32.2. The highest BCUT2D eigenvalue weighted by molar-refractivity contribution is 7.89. The maximum absolute atomic E-state index is 11.9. The van der Waals surface area contributed by atoms with Crippen molar-refractivity contribution in [1.29, 1.82) is 5.26 Å². The predicted molar refractivity (Wildman–Crippen MR) is 63.7 cm³/mol. The van der Waals surface area contributed by atoms with Crippen LogP contribution in [0.1, 0.15) is 21.5 Å². The number of hydrogen-bond acceptors (Lipinski definition) is 4. The Balaban J connectivity index is 3.41. The van der Waals surface area contributed by atoms with Gasteiger partial charge in [0.15, 0.2) is 0 Å². The molecule has 1 aromatic carbocycles. The third-order valence-electron chi connectivity index (χ3n) is 2.50. The van der Waals surface area contributed by atoms with E-state index < -0.39 is 16.0 Å². The van der Waals surface area contributed by atoms with Gasteiger partial charge in [0.25, 0.3) is 0 Å². The Bertz CT molecular complexity index is 629. The van der Waals surface area contributed by atoms with E-state index in [1.54, 1.807) is 19.9 Å². The number of nitrogens with zero attached hydrogens (tertiary/aromatic N) is 1. The van der Waals surface area contributed by atoms with Crippen LogP contribution in [-0.2, 0) is 10.0 Å². The van der Waals surface area contributed by atoms with Gasteiger partial charge in [0, 0.05) is 0 Å². The van der Waals surface area contributed by atoms with Crippen LogP contribution in [0.2, 0.25) is 0 Å². The summed E-state index contributed by atoms with van der Waals surface area (Å²) in [5, 5.41) is 17.3. The molecule has 0 radical (unpaired) electrons. The van der Waals surface area contributed by atoms with Gasteiger partial charge in [-0.25, -0.2) is 13.2 Å². The van der Waals surface area contributed by atoms with E-state index in [9.17, 15) is 13.2 Å². The number of sulfonamides is 1. The Kier molecular flexibility index (Phi) is 4.06. The summed E-state index contributed by atoms with van der Waals surface area (Å²) in [7, 11) is -3.87. The Morgan fingerprint density at radius 2 is 2.06 bits per heavy atom. The van der Waals surface area contributed by atoms with Crippen LogP contribution in [0.5, 0.6) is 0 Å². The average molecular weight is 268 g/mol. The van der Waals surface area contributed by atoms with Crippen molar-refractivity contribution >= 4 is 16.0 Å². The molecule has 18 heavy (non-hydrogen) atoms. The molecule has 0 amide bonds. The van der Waals surface area contributed by atoms with E-state index in [0.717, 1.165) is 6.07 Å². The van der Waals surface area contributed by atoms with Crippen molar-refractivity contribution in [3.05, 3.63) is 28.8 Å². The molecule has 0 aliphatic heterocycles. The SMILES string of the molecule is Cc1cc(C(=O)O)cc(S(=O)(=O)NCC#N)c1C. The van der Waals surface area contributed by atoms with Gasteiger partial charge >= 0.3 is 5.97 Å². The minimum Gasteiger partial charge on any atom is -0.478 e. The van der Waals surface area contributed by atoms with Crippen LogP contribution in [0.4, 0.5) is 0 Å². The van der Waals surface area contributed by atoms with Gasteiger partial charge in [0.1, 0.15) is 0 Å². The van der Waals surface area contributed by atoms with Crippen molar-refractivity contribution < 1.29 is 18.3 Å². The van der Waals surface area contributed by atoms with E-state index >= 15 is 0 Å². The summed E-state index contributed by atoms with van der Waals surface area (Å²) in [6.07, 6.45) is 0. The van der Waals surface area contributed by atoms with Gasteiger partial charge in [0.05, 0.1) is 23.1 Å². The lowest BCUT2D eigenvalue weighted by Crippen LogP contribution is -2.25. The second-order valence-electron chi connectivity index (χ2n) is 3.70. The molecule has 1 rings (SSSR count). The second kappa shape index (κ2) is 5.16. The topological polar surface area (TPSA) is 107 Å². The third-order valence-corrected chi connectivity index (χ3v) is 4.02. The van der Waals surface area contributed by atoms with E-state index in [0.29, 0.717) is 11.1 Å². The number of benzene rings is 1. The summed E-state index contributed by atoms with van der Waals surface area (Å²) in [4.78, 5) is 10.8. The molecule has 0 aliphatic rings. The van der Waals surface area contributed by atoms with E-state index in [1.165, 1.54) is 6.07 Å². The Morgan fingerprint density at radius 3 is 2.56 bits per heavy atom. The molecule has 0 atom stereocenters. The molecule has 1 aromatic rings. The summed E-state index contributed by atoms with van der Waals surface area (Å²) in [5.74, 6) is -1.20. The summed E-state index contributed by atoms with van der Waals surface area (Å²) in [6, 6.07) is 4.15. The number of carbonyl (C=O) groups is 1. The monoisotopic (exact) mass is 268 g/mol. The smallest absolute Gasteiger partial charge is 0.335 e. The van der Waals surface area contributed by atoms with Crippen molar-refractivity contribution in [2.24, 2.45) is 0 Å². The first-order valence-corrected chi connectivity index (χ1v) is 6.49. The Morgan fingerprint density at radius 1 is 1.44 bits per heavy atom. The standard InChI is InChI=1S/C11H12N2O4S/c1-7-5-9(11(14)15)6-10(8(7)2)18(16,17)13-4-3-12/h5-6,13H,4H2,1-2H3,(H,14,15). The highest BCUT2D eigenvalue weighted by Crippen LogP contribution is 2.21. The minimum absolute atomic E-state index is 0.101. The number of nitriles is 1. The van der Waals surface area contributed by atoms with Crippen LogP contribution < -0.4 is 4.72 Å². The molecule has 0 spiro atoms. The lowest BCUT2D eigenvalue weighted by molar-refractivity contribution is 0.0696. The van der Waals surface area contributed by atoms with Gasteiger partial charge in [-0.15, -0.1) is 0 Å². The molecule has 2 N–H and O–H groups in total. The molecule has 0 aromatic heterocycles. The summed E-state index contributed by atoms with van der Waals surface area (Å²) in [6.45, 7) is 2.85. The van der Waals surface area contributed by atoms with Crippen LogP contribution in [0.25, 0.3) is 0 Å². The minimum atomic E-state index is -3.87. The number of aryl methyl sites for hydroxylation is 1. The summed E-state index contributed by atoms with van der Waals surface area (Å²) in [5.41, 5.74) is 0.924. The maximum Gasteiger partial charge on any atom is 0.335 e. The molecule has 0 heterocycles. The number of nitrogens with one attached hydrogen (secondary N) is 1. The summed E-state index contributed by atoms with van der Waals surface area (Å²) >= 11 is 0. The van der Waals surface area contributed by atoms with Crippen molar-refractivity contribution in [3.63, 3.8) is 0 Å². The van der Waals surface area contributed by atoms with Crippen LogP contribution in [0.15, 0.2) is 17.0 Å². The molecule has 0 aliphatic carbocycles. The predicted octanol–water partition coefficient (Wildman–Crippen LogP) is 0.804. The van der Waals surface area contributed by atoms with Crippen molar-refractivity contribution in [3.8, 4) is 6.07 Å². The second-order valence-corrected chi connectivity index (χ2v) is 5.44.